The van der Waals surface area contributed by atoms with E-state index in [-0.39, 0.29) is 17.0 Å². The van der Waals surface area contributed by atoms with Crippen LogP contribution in [-0.4, -0.2) is 11.1 Å². The van der Waals surface area contributed by atoms with Crippen LogP contribution in [0.4, 0.5) is 5.69 Å². The molecule has 20 heavy (non-hydrogen) atoms. The van der Waals surface area contributed by atoms with Crippen LogP contribution in [0.1, 0.15) is 28.4 Å². The van der Waals surface area contributed by atoms with Crippen molar-refractivity contribution in [1.29, 1.82) is 0 Å². The first-order valence-electron chi connectivity index (χ1n) is 6.44. The van der Waals surface area contributed by atoms with Gasteiger partial charge in [0.25, 0.3) is 0 Å². The van der Waals surface area contributed by atoms with Crippen LogP contribution >= 0.6 is 0 Å². The maximum Gasteiger partial charge on any atom is 0.341 e. The van der Waals surface area contributed by atoms with Gasteiger partial charge in [-0.25, -0.2) is 4.79 Å². The summed E-state index contributed by atoms with van der Waals surface area (Å²) in [4.78, 5) is 11.2. The average molecular weight is 271 g/mol. The van der Waals surface area contributed by atoms with Crippen molar-refractivity contribution < 1.29 is 14.6 Å². The molecule has 2 aromatic rings. The van der Waals surface area contributed by atoms with Gasteiger partial charge in [0.2, 0.25) is 0 Å². The van der Waals surface area contributed by atoms with Crippen LogP contribution in [0.15, 0.2) is 42.5 Å². The summed E-state index contributed by atoms with van der Waals surface area (Å²) in [6.07, 6.45) is 0.986. The number of aromatic carboxylic acids is 1. The van der Waals surface area contributed by atoms with Crippen molar-refractivity contribution >= 4 is 11.7 Å². The van der Waals surface area contributed by atoms with Crippen molar-refractivity contribution in [3.63, 3.8) is 0 Å². The Balaban J connectivity index is 2.14. The standard InChI is InChI=1S/C16H17NO3/c1-2-11-6-8-12(9-7-11)10-20-14-5-3-4-13(17)15(14)16(18)19/h3-9H,2,10,17H2,1H3,(H,18,19). The summed E-state index contributed by atoms with van der Waals surface area (Å²) in [5, 5.41) is 9.15. The summed E-state index contributed by atoms with van der Waals surface area (Å²) in [6.45, 7) is 2.41. The maximum atomic E-state index is 11.2. The molecule has 2 rings (SSSR count). The Kier molecular flexibility index (Phi) is 4.25. The van der Waals surface area contributed by atoms with Crippen LogP contribution in [0.3, 0.4) is 0 Å². The van der Waals surface area contributed by atoms with Gasteiger partial charge in [-0.3, -0.25) is 0 Å². The van der Waals surface area contributed by atoms with E-state index in [9.17, 15) is 4.79 Å². The van der Waals surface area contributed by atoms with Gasteiger partial charge in [0.05, 0.1) is 0 Å². The highest BCUT2D eigenvalue weighted by atomic mass is 16.5. The zero-order valence-electron chi connectivity index (χ0n) is 11.3. The molecule has 0 saturated carbocycles. The third-order valence-corrected chi connectivity index (χ3v) is 3.10. The van der Waals surface area contributed by atoms with Crippen molar-refractivity contribution in [2.75, 3.05) is 5.73 Å². The largest absolute Gasteiger partial charge is 0.488 e. The van der Waals surface area contributed by atoms with Crippen molar-refractivity contribution in [3.05, 3.63) is 59.2 Å². The fourth-order valence-electron chi connectivity index (χ4n) is 1.93. The first-order valence-corrected chi connectivity index (χ1v) is 6.44. The van der Waals surface area contributed by atoms with Crippen LogP contribution in [0.25, 0.3) is 0 Å². The molecule has 4 nitrogen and oxygen atoms in total. The van der Waals surface area contributed by atoms with Gasteiger partial charge in [-0.2, -0.15) is 0 Å². The smallest absolute Gasteiger partial charge is 0.341 e. The van der Waals surface area contributed by atoms with E-state index in [1.165, 1.54) is 5.56 Å². The van der Waals surface area contributed by atoms with Crippen molar-refractivity contribution in [3.8, 4) is 5.75 Å². The second kappa shape index (κ2) is 6.10. The number of rotatable bonds is 5. The van der Waals surface area contributed by atoms with E-state index in [4.69, 9.17) is 15.6 Å². The van der Waals surface area contributed by atoms with Gasteiger partial charge < -0.3 is 15.6 Å². The molecule has 3 N–H and O–H groups in total. The lowest BCUT2D eigenvalue weighted by Crippen LogP contribution is -2.06. The Labute approximate surface area is 117 Å². The Hall–Kier alpha value is -2.49. The summed E-state index contributed by atoms with van der Waals surface area (Å²) in [6, 6.07) is 12.9. The monoisotopic (exact) mass is 271 g/mol. The fourth-order valence-corrected chi connectivity index (χ4v) is 1.93. The molecule has 0 radical (unpaired) electrons. The Bertz CT molecular complexity index is 606. The van der Waals surface area contributed by atoms with Crippen molar-refractivity contribution in [2.45, 2.75) is 20.0 Å². The van der Waals surface area contributed by atoms with E-state index in [2.05, 4.69) is 6.92 Å². The van der Waals surface area contributed by atoms with Gasteiger partial charge in [0.1, 0.15) is 17.9 Å². The number of benzene rings is 2. The van der Waals surface area contributed by atoms with Gasteiger partial charge in [0.15, 0.2) is 0 Å². The van der Waals surface area contributed by atoms with Gasteiger partial charge in [-0.15, -0.1) is 0 Å². The molecule has 0 aliphatic heterocycles. The molecule has 0 aliphatic rings. The highest BCUT2D eigenvalue weighted by Crippen LogP contribution is 2.25. The molecule has 0 amide bonds. The van der Waals surface area contributed by atoms with E-state index >= 15 is 0 Å². The highest BCUT2D eigenvalue weighted by Gasteiger charge is 2.14. The van der Waals surface area contributed by atoms with Gasteiger partial charge >= 0.3 is 5.97 Å². The van der Waals surface area contributed by atoms with E-state index in [1.54, 1.807) is 18.2 Å². The lowest BCUT2D eigenvalue weighted by molar-refractivity contribution is 0.0693. The topological polar surface area (TPSA) is 72.5 Å². The predicted molar refractivity (Wildman–Crippen MR) is 78.0 cm³/mol. The number of hydrogen-bond donors (Lipinski definition) is 2. The van der Waals surface area contributed by atoms with E-state index in [1.807, 2.05) is 24.3 Å². The summed E-state index contributed by atoms with van der Waals surface area (Å²) >= 11 is 0. The first kappa shape index (κ1) is 13.9. The third-order valence-electron chi connectivity index (χ3n) is 3.10. The molecule has 0 aliphatic carbocycles. The molecule has 4 heteroatoms. The van der Waals surface area contributed by atoms with Gasteiger partial charge in [0, 0.05) is 5.69 Å². The minimum atomic E-state index is -1.08. The van der Waals surface area contributed by atoms with Gasteiger partial charge in [-0.05, 0) is 29.7 Å². The van der Waals surface area contributed by atoms with Crippen molar-refractivity contribution in [1.82, 2.24) is 0 Å². The molecule has 0 heterocycles. The lowest BCUT2D eigenvalue weighted by atomic mass is 10.1. The molecule has 0 spiro atoms. The Morgan fingerprint density at radius 2 is 1.80 bits per heavy atom. The van der Waals surface area contributed by atoms with Crippen LogP contribution in [0, 0.1) is 0 Å². The SMILES string of the molecule is CCc1ccc(COc2cccc(N)c2C(=O)O)cc1. The van der Waals surface area contributed by atoms with Crippen LogP contribution in [-0.2, 0) is 13.0 Å². The molecule has 0 atom stereocenters. The molecule has 0 aromatic heterocycles. The number of hydrogen-bond acceptors (Lipinski definition) is 3. The summed E-state index contributed by atoms with van der Waals surface area (Å²) in [5.74, 6) is -0.795. The number of nitrogens with two attached hydrogens (primary N) is 1. The lowest BCUT2D eigenvalue weighted by Gasteiger charge is -2.11. The fraction of sp³-hybridized carbons (Fsp3) is 0.188. The summed E-state index contributed by atoms with van der Waals surface area (Å²) < 4.78 is 5.58. The normalized spacial score (nSPS) is 10.2. The predicted octanol–water partition coefficient (Wildman–Crippen LogP) is 3.11. The number of ether oxygens (including phenoxy) is 1. The van der Waals surface area contributed by atoms with Crippen LogP contribution in [0.5, 0.6) is 5.75 Å². The van der Waals surface area contributed by atoms with Crippen LogP contribution < -0.4 is 10.5 Å². The molecular weight excluding hydrogens is 254 g/mol. The molecule has 0 fully saturated rings. The van der Waals surface area contributed by atoms with Gasteiger partial charge in [-0.1, -0.05) is 37.3 Å². The Morgan fingerprint density at radius 1 is 1.15 bits per heavy atom. The number of anilines is 1. The summed E-state index contributed by atoms with van der Waals surface area (Å²) in [7, 11) is 0. The zero-order chi connectivity index (χ0) is 14.5. The molecular formula is C16H17NO3. The molecule has 0 saturated heterocycles. The maximum absolute atomic E-state index is 11.2. The highest BCUT2D eigenvalue weighted by molar-refractivity contribution is 5.96. The molecule has 0 unspecified atom stereocenters. The zero-order valence-corrected chi connectivity index (χ0v) is 11.3. The molecule has 2 aromatic carbocycles. The van der Waals surface area contributed by atoms with Crippen LogP contribution in [0.2, 0.25) is 0 Å². The minimum Gasteiger partial charge on any atom is -0.488 e. The van der Waals surface area contributed by atoms with E-state index in [0.29, 0.717) is 6.61 Å². The second-order valence-electron chi connectivity index (χ2n) is 4.48. The second-order valence-corrected chi connectivity index (χ2v) is 4.48. The number of nitrogen functional groups attached to an aromatic ring is 1. The summed E-state index contributed by atoms with van der Waals surface area (Å²) in [5.41, 5.74) is 8.13. The molecule has 0 bridgehead atoms. The van der Waals surface area contributed by atoms with E-state index in [0.717, 1.165) is 12.0 Å². The number of carboxylic acids is 1. The number of carboxylic acid groups (broad SMARTS) is 1. The average Bonchev–Trinajstić information content (AvgIpc) is 2.45. The minimum absolute atomic E-state index is 0.0117. The number of aryl methyl sites for hydroxylation is 1. The third kappa shape index (κ3) is 3.09. The quantitative estimate of drug-likeness (QED) is 0.819. The van der Waals surface area contributed by atoms with E-state index < -0.39 is 5.97 Å². The van der Waals surface area contributed by atoms with Crippen molar-refractivity contribution in [2.24, 2.45) is 0 Å². The Morgan fingerprint density at radius 3 is 2.40 bits per heavy atom. The first-order chi connectivity index (χ1) is 9.61. The molecule has 104 valence electrons. The number of carbonyl (C=O) groups is 1.